The number of carbonyl (C=O) groups excluding carboxylic acids is 3. The maximum Gasteiger partial charge on any atom is 0.293 e. The molecule has 2 fully saturated rings. The van der Waals surface area contributed by atoms with Crippen molar-refractivity contribution in [2.24, 2.45) is 5.92 Å². The average molecular weight is 392 g/mol. The molecule has 0 aromatic carbocycles. The minimum absolute atomic E-state index is 0.0513. The molecule has 0 N–H and O–H groups in total. The van der Waals surface area contributed by atoms with Crippen LogP contribution in [0.2, 0.25) is 0 Å². The lowest BCUT2D eigenvalue weighted by atomic mass is 10.1. The van der Waals surface area contributed by atoms with Gasteiger partial charge in [-0.3, -0.25) is 19.4 Å². The van der Waals surface area contributed by atoms with Crippen LogP contribution in [-0.2, 0) is 19.6 Å². The molecule has 0 aliphatic carbocycles. The van der Waals surface area contributed by atoms with Crippen molar-refractivity contribution in [1.82, 2.24) is 14.2 Å². The van der Waals surface area contributed by atoms with Crippen LogP contribution in [0.25, 0.3) is 0 Å². The predicted octanol–water partition coefficient (Wildman–Crippen LogP) is 0.656. The van der Waals surface area contributed by atoms with Gasteiger partial charge in [0.1, 0.15) is 6.04 Å². The van der Waals surface area contributed by atoms with Gasteiger partial charge in [-0.25, -0.2) is 8.42 Å². The first-order valence-corrected chi connectivity index (χ1v) is 10.3. The molecule has 2 unspecified atom stereocenters. The van der Waals surface area contributed by atoms with Crippen LogP contribution in [-0.4, -0.2) is 64.6 Å². The van der Waals surface area contributed by atoms with E-state index in [2.05, 4.69) is 4.98 Å². The van der Waals surface area contributed by atoms with Crippen molar-refractivity contribution < 1.29 is 22.8 Å². The zero-order chi connectivity index (χ0) is 19.8. The molecule has 0 bridgehead atoms. The van der Waals surface area contributed by atoms with Gasteiger partial charge in [-0.1, -0.05) is 13.8 Å². The Balaban J connectivity index is 1.80. The number of likely N-dealkylation sites (tertiary alicyclic amines) is 1. The number of Topliss-reactive ketones (excluding diaryl/α,β-unsaturated/α-hetero) is 1. The second-order valence-corrected chi connectivity index (χ2v) is 9.00. The van der Waals surface area contributed by atoms with Gasteiger partial charge in [-0.2, -0.15) is 4.31 Å². The van der Waals surface area contributed by atoms with Crippen LogP contribution >= 0.6 is 0 Å². The monoisotopic (exact) mass is 392 g/mol. The summed E-state index contributed by atoms with van der Waals surface area (Å²) in [4.78, 5) is 42.6. The first-order valence-electron chi connectivity index (χ1n) is 8.86. The number of rotatable bonds is 5. The second-order valence-electron chi connectivity index (χ2n) is 7.21. The van der Waals surface area contributed by atoms with E-state index in [9.17, 15) is 22.8 Å². The van der Waals surface area contributed by atoms with E-state index in [-0.39, 0.29) is 17.3 Å². The third-order valence-electron chi connectivity index (χ3n) is 4.86. The van der Waals surface area contributed by atoms with Gasteiger partial charge >= 0.3 is 0 Å². The first kappa shape index (κ1) is 19.6. The Morgan fingerprint density at radius 1 is 1.37 bits per heavy atom. The van der Waals surface area contributed by atoms with Crippen molar-refractivity contribution >= 4 is 26.8 Å². The summed E-state index contributed by atoms with van der Waals surface area (Å²) in [5.41, 5.74) is -0.0513. The maximum absolute atomic E-state index is 12.8. The average Bonchev–Trinajstić information content (AvgIpc) is 3.21. The van der Waals surface area contributed by atoms with Crippen LogP contribution < -0.4 is 0 Å². The largest absolute Gasteiger partial charge is 0.331 e. The Hall–Kier alpha value is -2.13. The summed E-state index contributed by atoms with van der Waals surface area (Å²) < 4.78 is 26.5. The Labute approximate surface area is 158 Å². The predicted molar refractivity (Wildman–Crippen MR) is 96.9 cm³/mol. The Kier molecular flexibility index (Phi) is 5.43. The number of sulfonamides is 1. The highest BCUT2D eigenvalue weighted by Crippen LogP contribution is 2.33. The van der Waals surface area contributed by atoms with E-state index in [0.29, 0.717) is 25.3 Å². The fourth-order valence-corrected chi connectivity index (χ4v) is 5.04. The minimum Gasteiger partial charge on any atom is -0.331 e. The molecule has 2 aliphatic heterocycles. The van der Waals surface area contributed by atoms with Gasteiger partial charge in [-0.15, -0.1) is 0 Å². The van der Waals surface area contributed by atoms with E-state index in [1.807, 2.05) is 13.8 Å². The molecule has 0 spiro atoms. The van der Waals surface area contributed by atoms with Crippen LogP contribution in [0.4, 0.5) is 0 Å². The lowest BCUT2D eigenvalue weighted by molar-refractivity contribution is -0.133. The van der Waals surface area contributed by atoms with Crippen LogP contribution in [0.15, 0.2) is 24.5 Å². The number of nitrogens with zero attached hydrogens (tertiary/aromatic N) is 3. The third kappa shape index (κ3) is 3.66. The fourth-order valence-electron chi connectivity index (χ4n) is 3.53. The number of fused-ring (bicyclic) bond motifs is 1. The van der Waals surface area contributed by atoms with Gasteiger partial charge in [-0.05, 0) is 30.9 Å². The zero-order valence-electron chi connectivity index (χ0n) is 15.2. The molecular formula is C18H22N3O5S. The van der Waals surface area contributed by atoms with Crippen molar-refractivity contribution in [2.75, 3.05) is 13.1 Å². The standard InChI is InChI=1S/C18H22N3O5S/c1-12(2)5-6-16(23)20-9-7-14-17(20)15(22)11-21(14)27(25,26)18(24)13-4-3-8-19-10-13/h3-4,6,8,10,12,14,17H,5,7,9,11H2,1-2H3. The number of carbonyl (C=O) groups is 3. The maximum atomic E-state index is 12.8. The summed E-state index contributed by atoms with van der Waals surface area (Å²) in [5.74, 6) is -0.311. The van der Waals surface area contributed by atoms with Crippen LogP contribution in [0.1, 0.15) is 37.0 Å². The molecule has 1 radical (unpaired) electrons. The van der Waals surface area contributed by atoms with E-state index in [1.54, 1.807) is 0 Å². The van der Waals surface area contributed by atoms with E-state index in [4.69, 9.17) is 0 Å². The van der Waals surface area contributed by atoms with E-state index >= 15 is 0 Å². The normalized spacial score (nSPS) is 23.1. The highest BCUT2D eigenvalue weighted by molar-refractivity contribution is 8.04. The van der Waals surface area contributed by atoms with Crippen molar-refractivity contribution in [2.45, 2.75) is 38.8 Å². The molecule has 2 atom stereocenters. The molecule has 0 saturated carbocycles. The summed E-state index contributed by atoms with van der Waals surface area (Å²) in [5, 5.41) is -1.08. The molecule has 1 aromatic rings. The molecule has 2 saturated heterocycles. The Morgan fingerprint density at radius 2 is 2.11 bits per heavy atom. The number of amides is 1. The van der Waals surface area contributed by atoms with Crippen molar-refractivity contribution in [1.29, 1.82) is 0 Å². The highest BCUT2D eigenvalue weighted by Gasteiger charge is 2.54. The lowest BCUT2D eigenvalue weighted by Crippen LogP contribution is -2.44. The molecule has 27 heavy (non-hydrogen) atoms. The summed E-state index contributed by atoms with van der Waals surface area (Å²) in [6, 6.07) is 1.33. The molecule has 8 nitrogen and oxygen atoms in total. The summed E-state index contributed by atoms with van der Waals surface area (Å²) in [6.45, 7) is 3.87. The van der Waals surface area contributed by atoms with E-state index < -0.39 is 33.8 Å². The Morgan fingerprint density at radius 3 is 2.74 bits per heavy atom. The number of ketones is 1. The van der Waals surface area contributed by atoms with Gasteiger partial charge in [0.05, 0.1) is 18.2 Å². The zero-order valence-corrected chi connectivity index (χ0v) is 16.1. The smallest absolute Gasteiger partial charge is 0.293 e. The van der Waals surface area contributed by atoms with Crippen molar-refractivity contribution in [3.8, 4) is 0 Å². The molecule has 9 heteroatoms. The van der Waals surface area contributed by atoms with E-state index in [1.165, 1.54) is 35.8 Å². The first-order chi connectivity index (χ1) is 12.7. The third-order valence-corrected chi connectivity index (χ3v) is 6.59. The quantitative estimate of drug-likeness (QED) is 0.729. The number of hydrogen-bond acceptors (Lipinski definition) is 6. The van der Waals surface area contributed by atoms with Crippen LogP contribution in [0.3, 0.4) is 0 Å². The minimum atomic E-state index is -4.37. The van der Waals surface area contributed by atoms with Gasteiger partial charge in [0.2, 0.25) is 5.91 Å². The van der Waals surface area contributed by atoms with Crippen LogP contribution in [0, 0.1) is 12.3 Å². The molecule has 3 rings (SSSR count). The van der Waals surface area contributed by atoms with Crippen molar-refractivity contribution in [3.05, 3.63) is 36.5 Å². The molecule has 3 heterocycles. The van der Waals surface area contributed by atoms with Crippen LogP contribution in [0.5, 0.6) is 0 Å². The van der Waals surface area contributed by atoms with E-state index in [0.717, 1.165) is 4.31 Å². The topological polar surface area (TPSA) is 105 Å². The molecule has 1 amide bonds. The highest BCUT2D eigenvalue weighted by atomic mass is 32.2. The number of hydrogen-bond donors (Lipinski definition) is 0. The summed E-state index contributed by atoms with van der Waals surface area (Å²) >= 11 is 0. The van der Waals surface area contributed by atoms with Gasteiger partial charge < -0.3 is 4.90 Å². The van der Waals surface area contributed by atoms with Gasteiger partial charge in [0.15, 0.2) is 5.78 Å². The lowest BCUT2D eigenvalue weighted by Gasteiger charge is -2.23. The number of aromatic nitrogens is 1. The molecule has 145 valence electrons. The molecular weight excluding hydrogens is 370 g/mol. The SMILES string of the molecule is CC(C)C[CH]C(=O)N1CCC2C1C(=O)CN2S(=O)(=O)C(=O)c1cccnc1. The van der Waals surface area contributed by atoms with Gasteiger partial charge in [0.25, 0.3) is 15.1 Å². The molecule has 1 aromatic heterocycles. The van der Waals surface area contributed by atoms with Crippen molar-refractivity contribution in [3.63, 3.8) is 0 Å². The fraction of sp³-hybridized carbons (Fsp3) is 0.500. The summed E-state index contributed by atoms with van der Waals surface area (Å²) in [6.07, 6.45) is 5.07. The molecule has 2 aliphatic rings. The second kappa shape index (κ2) is 7.47. The summed E-state index contributed by atoms with van der Waals surface area (Å²) in [7, 11) is -4.37. The number of pyridine rings is 1. The Bertz CT molecular complexity index is 853. The van der Waals surface area contributed by atoms with Gasteiger partial charge in [0, 0.05) is 25.4 Å².